The van der Waals surface area contributed by atoms with Crippen LogP contribution in [-0.4, -0.2) is 16.3 Å². The molecule has 3 aromatic rings. The van der Waals surface area contributed by atoms with Crippen LogP contribution in [0.25, 0.3) is 0 Å². The fourth-order valence-corrected chi connectivity index (χ4v) is 3.36. The lowest BCUT2D eigenvalue weighted by Crippen LogP contribution is -2.30. The third-order valence-corrected chi connectivity index (χ3v) is 4.58. The Morgan fingerprint density at radius 1 is 1.09 bits per heavy atom. The molecule has 0 radical (unpaired) electrons. The highest BCUT2D eigenvalue weighted by atomic mass is 15.3. The van der Waals surface area contributed by atoms with E-state index >= 15 is 0 Å². The molecule has 1 atom stereocenters. The summed E-state index contributed by atoms with van der Waals surface area (Å²) in [5, 5.41) is 8.50. The summed E-state index contributed by atoms with van der Waals surface area (Å²) < 4.78 is 2.10. The summed E-state index contributed by atoms with van der Waals surface area (Å²) in [5.74, 6) is 0. The number of fused-ring (bicyclic) bond motifs is 1. The molecule has 1 aliphatic rings. The Hall–Kier alpha value is -2.39. The number of nitrogens with one attached hydrogen (secondary N) is 1. The van der Waals surface area contributed by atoms with Crippen molar-refractivity contribution < 1.29 is 0 Å². The summed E-state index contributed by atoms with van der Waals surface area (Å²) in [7, 11) is 0. The van der Waals surface area contributed by atoms with E-state index in [1.165, 1.54) is 22.4 Å². The zero-order chi connectivity index (χ0) is 15.6. The number of aromatic nitrogens is 2. The van der Waals surface area contributed by atoms with Crippen LogP contribution in [-0.2, 0) is 13.0 Å². The SMILES string of the molecule is Cc1cc(C2NCCc3ccccc32)nn1Cc1ccccc1. The normalized spacial score (nSPS) is 17.0. The minimum atomic E-state index is 0.204. The van der Waals surface area contributed by atoms with E-state index in [9.17, 15) is 0 Å². The van der Waals surface area contributed by atoms with Gasteiger partial charge in [-0.3, -0.25) is 4.68 Å². The second-order valence-electron chi connectivity index (χ2n) is 6.19. The van der Waals surface area contributed by atoms with Gasteiger partial charge in [0.15, 0.2) is 0 Å². The Bertz CT molecular complexity index is 805. The van der Waals surface area contributed by atoms with Gasteiger partial charge in [0.05, 0.1) is 18.3 Å². The second kappa shape index (κ2) is 6.01. The van der Waals surface area contributed by atoms with Crippen LogP contribution < -0.4 is 5.32 Å². The molecule has 0 aliphatic carbocycles. The molecule has 2 aromatic carbocycles. The maximum absolute atomic E-state index is 4.88. The highest BCUT2D eigenvalue weighted by Crippen LogP contribution is 2.28. The first-order valence-corrected chi connectivity index (χ1v) is 8.21. The Labute approximate surface area is 137 Å². The van der Waals surface area contributed by atoms with Crippen LogP contribution in [0, 0.1) is 6.92 Å². The average Bonchev–Trinajstić information content (AvgIpc) is 2.96. The van der Waals surface area contributed by atoms with Crippen LogP contribution >= 0.6 is 0 Å². The van der Waals surface area contributed by atoms with E-state index in [1.807, 2.05) is 6.07 Å². The predicted octanol–water partition coefficient (Wildman–Crippen LogP) is 3.47. The molecule has 0 saturated heterocycles. The number of rotatable bonds is 3. The molecule has 3 heteroatoms. The highest BCUT2D eigenvalue weighted by Gasteiger charge is 2.23. The van der Waals surface area contributed by atoms with E-state index in [2.05, 4.69) is 71.5 Å². The van der Waals surface area contributed by atoms with Gasteiger partial charge in [-0.05, 0) is 36.1 Å². The van der Waals surface area contributed by atoms with Gasteiger partial charge in [0.1, 0.15) is 0 Å². The van der Waals surface area contributed by atoms with Gasteiger partial charge >= 0.3 is 0 Å². The quantitative estimate of drug-likeness (QED) is 0.803. The fourth-order valence-electron chi connectivity index (χ4n) is 3.36. The second-order valence-corrected chi connectivity index (χ2v) is 6.19. The van der Waals surface area contributed by atoms with Gasteiger partial charge in [-0.25, -0.2) is 0 Å². The van der Waals surface area contributed by atoms with Crippen LogP contribution in [0.3, 0.4) is 0 Å². The van der Waals surface area contributed by atoms with E-state index < -0.39 is 0 Å². The third kappa shape index (κ3) is 2.80. The average molecular weight is 303 g/mol. The van der Waals surface area contributed by atoms with E-state index in [1.54, 1.807) is 0 Å². The van der Waals surface area contributed by atoms with Crippen molar-refractivity contribution in [3.8, 4) is 0 Å². The van der Waals surface area contributed by atoms with Gasteiger partial charge in [0, 0.05) is 12.2 Å². The van der Waals surface area contributed by atoms with Crippen molar-refractivity contribution in [2.24, 2.45) is 0 Å². The summed E-state index contributed by atoms with van der Waals surface area (Å²) >= 11 is 0. The molecule has 0 fully saturated rings. The van der Waals surface area contributed by atoms with Gasteiger partial charge in [0.25, 0.3) is 0 Å². The summed E-state index contributed by atoms with van der Waals surface area (Å²) in [6.07, 6.45) is 1.09. The van der Waals surface area contributed by atoms with Crippen molar-refractivity contribution in [2.75, 3.05) is 6.54 Å². The van der Waals surface area contributed by atoms with Crippen LogP contribution in [0.15, 0.2) is 60.7 Å². The molecule has 3 nitrogen and oxygen atoms in total. The van der Waals surface area contributed by atoms with Gasteiger partial charge in [-0.15, -0.1) is 0 Å². The summed E-state index contributed by atoms with van der Waals surface area (Å²) in [6, 6.07) is 21.6. The van der Waals surface area contributed by atoms with Gasteiger partial charge in [0.2, 0.25) is 0 Å². The smallest absolute Gasteiger partial charge is 0.0842 e. The lowest BCUT2D eigenvalue weighted by atomic mass is 9.92. The van der Waals surface area contributed by atoms with E-state index in [-0.39, 0.29) is 6.04 Å². The molecule has 0 saturated carbocycles. The first-order valence-electron chi connectivity index (χ1n) is 8.21. The fraction of sp³-hybridized carbons (Fsp3) is 0.250. The number of aryl methyl sites for hydroxylation is 1. The largest absolute Gasteiger partial charge is 0.305 e. The minimum Gasteiger partial charge on any atom is -0.305 e. The zero-order valence-corrected chi connectivity index (χ0v) is 13.4. The summed E-state index contributed by atoms with van der Waals surface area (Å²) in [6.45, 7) is 3.96. The number of hydrogen-bond donors (Lipinski definition) is 1. The van der Waals surface area contributed by atoms with Crippen molar-refractivity contribution in [3.63, 3.8) is 0 Å². The standard InChI is InChI=1S/C20H21N3/c1-15-13-19(22-23(15)14-16-7-3-2-4-8-16)20-18-10-6-5-9-17(18)11-12-21-20/h2-10,13,20-21H,11-12,14H2,1H3. The predicted molar refractivity (Wildman–Crippen MR) is 92.5 cm³/mol. The first kappa shape index (κ1) is 14.2. The zero-order valence-electron chi connectivity index (χ0n) is 13.4. The topological polar surface area (TPSA) is 29.9 Å². The lowest BCUT2D eigenvalue weighted by molar-refractivity contribution is 0.542. The molecular formula is C20H21N3. The van der Waals surface area contributed by atoms with Crippen LogP contribution in [0.1, 0.15) is 34.1 Å². The van der Waals surface area contributed by atoms with Crippen molar-refractivity contribution in [1.82, 2.24) is 15.1 Å². The van der Waals surface area contributed by atoms with Gasteiger partial charge in [-0.2, -0.15) is 5.10 Å². The first-order chi connectivity index (χ1) is 11.3. The van der Waals surface area contributed by atoms with Crippen molar-refractivity contribution in [3.05, 3.63) is 88.7 Å². The van der Waals surface area contributed by atoms with E-state index in [4.69, 9.17) is 5.10 Å². The van der Waals surface area contributed by atoms with E-state index in [0.717, 1.165) is 25.2 Å². The van der Waals surface area contributed by atoms with Crippen molar-refractivity contribution in [1.29, 1.82) is 0 Å². The highest BCUT2D eigenvalue weighted by molar-refractivity contribution is 5.37. The summed E-state index contributed by atoms with van der Waals surface area (Å²) in [5.41, 5.74) is 6.40. The van der Waals surface area contributed by atoms with E-state index in [0.29, 0.717) is 0 Å². The summed E-state index contributed by atoms with van der Waals surface area (Å²) in [4.78, 5) is 0. The molecule has 0 spiro atoms. The molecule has 0 amide bonds. The molecule has 0 bridgehead atoms. The molecule has 1 unspecified atom stereocenters. The molecule has 1 N–H and O–H groups in total. The Kier molecular flexibility index (Phi) is 3.72. The van der Waals surface area contributed by atoms with Crippen molar-refractivity contribution in [2.45, 2.75) is 25.9 Å². The molecular weight excluding hydrogens is 282 g/mol. The Morgan fingerprint density at radius 2 is 1.87 bits per heavy atom. The lowest BCUT2D eigenvalue weighted by Gasteiger charge is -2.25. The van der Waals surface area contributed by atoms with Gasteiger partial charge in [-0.1, -0.05) is 54.6 Å². The molecule has 116 valence electrons. The Morgan fingerprint density at radius 3 is 2.74 bits per heavy atom. The minimum absolute atomic E-state index is 0.204. The number of nitrogens with zero attached hydrogens (tertiary/aromatic N) is 2. The molecule has 2 heterocycles. The maximum Gasteiger partial charge on any atom is 0.0842 e. The van der Waals surface area contributed by atoms with Crippen LogP contribution in [0.5, 0.6) is 0 Å². The Balaban J connectivity index is 1.65. The molecule has 1 aromatic heterocycles. The number of hydrogen-bond acceptors (Lipinski definition) is 2. The monoisotopic (exact) mass is 303 g/mol. The molecule has 23 heavy (non-hydrogen) atoms. The maximum atomic E-state index is 4.88. The van der Waals surface area contributed by atoms with Crippen LogP contribution in [0.4, 0.5) is 0 Å². The molecule has 1 aliphatic heterocycles. The van der Waals surface area contributed by atoms with Crippen LogP contribution in [0.2, 0.25) is 0 Å². The van der Waals surface area contributed by atoms with Crippen molar-refractivity contribution >= 4 is 0 Å². The van der Waals surface area contributed by atoms with Gasteiger partial charge < -0.3 is 5.32 Å². The molecule has 4 rings (SSSR count). The number of benzene rings is 2. The third-order valence-electron chi connectivity index (χ3n) is 4.58.